The smallest absolute Gasteiger partial charge is 0.276 e. The number of carbonyl (C=O) groups is 2. The average Bonchev–Trinajstić information content (AvgIpc) is 2.62. The molecule has 0 aliphatic carbocycles. The first-order valence-corrected chi connectivity index (χ1v) is 11.2. The van der Waals surface area contributed by atoms with Gasteiger partial charge in [-0.25, -0.2) is 9.53 Å². The van der Waals surface area contributed by atoms with Gasteiger partial charge in [-0.3, -0.25) is 9.59 Å². The van der Waals surface area contributed by atoms with Gasteiger partial charge in [0.1, 0.15) is 11.2 Å². The summed E-state index contributed by atoms with van der Waals surface area (Å²) in [6.07, 6.45) is 0. The fourth-order valence-electron chi connectivity index (χ4n) is 3.84. The number of primary amides is 1. The first-order valence-electron chi connectivity index (χ1n) is 9.65. The summed E-state index contributed by atoms with van der Waals surface area (Å²) < 4.78 is 38.8. The molecule has 5 N–H and O–H groups in total. The Morgan fingerprint density at radius 1 is 1.19 bits per heavy atom. The Balaban J connectivity index is 2.08. The van der Waals surface area contributed by atoms with Crippen LogP contribution in [0.25, 0.3) is 0 Å². The van der Waals surface area contributed by atoms with Crippen molar-refractivity contribution in [1.82, 2.24) is 4.31 Å². The maximum atomic E-state index is 14.2. The van der Waals surface area contributed by atoms with Gasteiger partial charge >= 0.3 is 0 Å². The van der Waals surface area contributed by atoms with E-state index in [0.29, 0.717) is 5.56 Å². The van der Waals surface area contributed by atoms with Gasteiger partial charge in [0.15, 0.2) is 0 Å². The number of carbonyl (C=O) groups excluding carboxylic acids is 2. The fraction of sp³-hybridized carbons (Fsp3) is 0.333. The molecule has 0 saturated carbocycles. The molecule has 0 aromatic heterocycles. The minimum Gasteiger partial charge on any atom is -0.366 e. The summed E-state index contributed by atoms with van der Waals surface area (Å²) in [4.78, 5) is 25.3. The number of anilines is 1. The highest BCUT2D eigenvalue weighted by molar-refractivity contribution is 7.86. The molecule has 1 aliphatic heterocycles. The topological polar surface area (TPSA) is 136 Å². The minimum absolute atomic E-state index is 0.0397. The molecule has 0 unspecified atom stereocenters. The predicted octanol–water partition coefficient (Wildman–Crippen LogP) is 1.75. The van der Waals surface area contributed by atoms with Gasteiger partial charge < -0.3 is 11.1 Å². The molecule has 1 aliphatic rings. The lowest BCUT2D eigenvalue weighted by molar-refractivity contribution is -0.125. The number of rotatable bonds is 6. The van der Waals surface area contributed by atoms with Gasteiger partial charge in [-0.05, 0) is 41.7 Å². The lowest BCUT2D eigenvalue weighted by Gasteiger charge is -2.48. The van der Waals surface area contributed by atoms with E-state index in [-0.39, 0.29) is 35.8 Å². The third-order valence-electron chi connectivity index (χ3n) is 5.60. The molecule has 1 heterocycles. The molecule has 31 heavy (non-hydrogen) atoms. The number of halogens is 1. The van der Waals surface area contributed by atoms with Crippen LogP contribution in [0, 0.1) is 12.7 Å². The summed E-state index contributed by atoms with van der Waals surface area (Å²) in [6.45, 7) is 5.04. The standard InChI is InChI=1S/C21H25FN4O4S/c1-12(2)14-6-4-5-7-16(14)21(10-26(11-21)31(24,29)30)20(28)25-18-9-17(22)13(3)8-15(18)19(23)27/h4-9,12H,10-11H2,1-3H3,(H2,23,27)(H,25,28)(H2,24,29,30). The Kier molecular flexibility index (Phi) is 5.92. The maximum Gasteiger partial charge on any atom is 0.276 e. The van der Waals surface area contributed by atoms with Gasteiger partial charge in [0.05, 0.1) is 11.3 Å². The highest BCUT2D eigenvalue weighted by Crippen LogP contribution is 2.40. The van der Waals surface area contributed by atoms with Crippen LogP contribution >= 0.6 is 0 Å². The van der Waals surface area contributed by atoms with Crippen molar-refractivity contribution < 1.29 is 22.4 Å². The summed E-state index contributed by atoms with van der Waals surface area (Å²) in [6, 6.07) is 9.53. The van der Waals surface area contributed by atoms with Crippen LogP contribution in [0.4, 0.5) is 10.1 Å². The Hall–Kier alpha value is -2.82. The van der Waals surface area contributed by atoms with E-state index in [1.807, 2.05) is 26.0 Å². The van der Waals surface area contributed by atoms with E-state index in [4.69, 9.17) is 10.9 Å². The second kappa shape index (κ2) is 8.03. The maximum absolute atomic E-state index is 14.2. The Bertz CT molecular complexity index is 1160. The predicted molar refractivity (Wildman–Crippen MR) is 115 cm³/mol. The zero-order valence-corrected chi connectivity index (χ0v) is 18.3. The zero-order chi connectivity index (χ0) is 23.1. The Morgan fingerprint density at radius 3 is 2.35 bits per heavy atom. The van der Waals surface area contributed by atoms with Crippen LogP contribution in [0.15, 0.2) is 36.4 Å². The van der Waals surface area contributed by atoms with Crippen molar-refractivity contribution in [1.29, 1.82) is 0 Å². The number of amides is 2. The van der Waals surface area contributed by atoms with Gasteiger partial charge in [0.2, 0.25) is 5.91 Å². The molecule has 2 amide bonds. The van der Waals surface area contributed by atoms with Gasteiger partial charge in [0, 0.05) is 13.1 Å². The number of benzene rings is 2. The molecule has 166 valence electrons. The molecule has 2 aromatic carbocycles. The number of aryl methyl sites for hydroxylation is 1. The number of nitrogens with two attached hydrogens (primary N) is 2. The Labute approximate surface area is 180 Å². The molecular formula is C21H25FN4O4S. The van der Waals surface area contributed by atoms with E-state index in [1.165, 1.54) is 13.0 Å². The highest BCUT2D eigenvalue weighted by Gasteiger charge is 2.54. The average molecular weight is 449 g/mol. The molecule has 0 radical (unpaired) electrons. The summed E-state index contributed by atoms with van der Waals surface area (Å²) >= 11 is 0. The minimum atomic E-state index is -4.00. The molecule has 3 rings (SSSR count). The fourth-order valence-corrected chi connectivity index (χ4v) is 4.64. The lowest BCUT2D eigenvalue weighted by Crippen LogP contribution is -2.67. The molecule has 1 saturated heterocycles. The van der Waals surface area contributed by atoms with Crippen molar-refractivity contribution in [2.75, 3.05) is 18.4 Å². The van der Waals surface area contributed by atoms with Crippen LogP contribution in [0.3, 0.4) is 0 Å². The summed E-state index contributed by atoms with van der Waals surface area (Å²) in [5.41, 5.74) is 5.75. The van der Waals surface area contributed by atoms with E-state index in [2.05, 4.69) is 5.32 Å². The van der Waals surface area contributed by atoms with Crippen molar-refractivity contribution >= 4 is 27.7 Å². The largest absolute Gasteiger partial charge is 0.366 e. The van der Waals surface area contributed by atoms with Crippen LogP contribution in [0.5, 0.6) is 0 Å². The molecule has 10 heteroatoms. The van der Waals surface area contributed by atoms with Crippen LogP contribution in [0.2, 0.25) is 0 Å². The second-order valence-electron chi connectivity index (χ2n) is 8.10. The highest BCUT2D eigenvalue weighted by atomic mass is 32.2. The summed E-state index contributed by atoms with van der Waals surface area (Å²) in [5, 5.41) is 7.84. The van der Waals surface area contributed by atoms with Gasteiger partial charge in [-0.1, -0.05) is 38.1 Å². The molecule has 1 fully saturated rings. The lowest BCUT2D eigenvalue weighted by atomic mass is 9.71. The quantitative estimate of drug-likeness (QED) is 0.620. The SMILES string of the molecule is Cc1cc(C(N)=O)c(NC(=O)C2(c3ccccc3C(C)C)CN(S(N)(=O)=O)C2)cc1F. The van der Waals surface area contributed by atoms with Crippen LogP contribution in [-0.4, -0.2) is 37.6 Å². The van der Waals surface area contributed by atoms with E-state index in [1.54, 1.807) is 12.1 Å². The van der Waals surface area contributed by atoms with Gasteiger partial charge in [-0.2, -0.15) is 12.7 Å². The molecule has 8 nitrogen and oxygen atoms in total. The molecule has 0 bridgehead atoms. The number of hydrogen-bond donors (Lipinski definition) is 3. The Morgan fingerprint density at radius 2 is 1.81 bits per heavy atom. The van der Waals surface area contributed by atoms with Crippen molar-refractivity contribution in [2.45, 2.75) is 32.1 Å². The zero-order valence-electron chi connectivity index (χ0n) is 17.5. The molecule has 0 atom stereocenters. The van der Waals surface area contributed by atoms with Crippen molar-refractivity contribution in [3.05, 3.63) is 64.5 Å². The number of nitrogens with one attached hydrogen (secondary N) is 1. The third kappa shape index (κ3) is 4.18. The van der Waals surface area contributed by atoms with Crippen molar-refractivity contribution in [2.24, 2.45) is 10.9 Å². The van der Waals surface area contributed by atoms with Gasteiger partial charge in [-0.15, -0.1) is 0 Å². The number of hydrogen-bond acceptors (Lipinski definition) is 4. The van der Waals surface area contributed by atoms with Crippen LogP contribution in [-0.2, 0) is 20.4 Å². The first kappa shape index (κ1) is 22.9. The normalized spacial score (nSPS) is 16.1. The van der Waals surface area contributed by atoms with E-state index >= 15 is 0 Å². The monoisotopic (exact) mass is 448 g/mol. The molecular weight excluding hydrogens is 423 g/mol. The van der Waals surface area contributed by atoms with Crippen molar-refractivity contribution in [3.63, 3.8) is 0 Å². The van der Waals surface area contributed by atoms with E-state index in [9.17, 15) is 22.4 Å². The summed E-state index contributed by atoms with van der Waals surface area (Å²) in [5.74, 6) is -1.96. The van der Waals surface area contributed by atoms with Gasteiger partial charge in [0.25, 0.3) is 16.1 Å². The second-order valence-corrected chi connectivity index (χ2v) is 9.65. The molecule has 2 aromatic rings. The first-order chi connectivity index (χ1) is 14.4. The van der Waals surface area contributed by atoms with E-state index in [0.717, 1.165) is 15.9 Å². The molecule has 0 spiro atoms. The third-order valence-corrected chi connectivity index (χ3v) is 6.58. The number of nitrogens with zero attached hydrogens (tertiary/aromatic N) is 1. The van der Waals surface area contributed by atoms with Crippen LogP contribution in [0.1, 0.15) is 46.8 Å². The van der Waals surface area contributed by atoms with Crippen LogP contribution < -0.4 is 16.2 Å². The summed E-state index contributed by atoms with van der Waals surface area (Å²) in [7, 11) is -4.00. The van der Waals surface area contributed by atoms with E-state index < -0.39 is 33.3 Å². The van der Waals surface area contributed by atoms with Crippen molar-refractivity contribution in [3.8, 4) is 0 Å².